The molecule has 1 radical (unpaired) electrons. The van der Waals surface area contributed by atoms with Crippen LogP contribution >= 0.6 is 0 Å². The van der Waals surface area contributed by atoms with Crippen LogP contribution in [0.25, 0.3) is 16.6 Å². The predicted octanol–water partition coefficient (Wildman–Crippen LogP) is 3.88. The Bertz CT molecular complexity index is 682. The van der Waals surface area contributed by atoms with Crippen LogP contribution in [0.5, 0.6) is 0 Å². The summed E-state index contributed by atoms with van der Waals surface area (Å²) in [5.41, 5.74) is 3.09. The van der Waals surface area contributed by atoms with Gasteiger partial charge in [-0.05, 0) is 48.9 Å². The van der Waals surface area contributed by atoms with Crippen molar-refractivity contribution in [2.75, 3.05) is 0 Å². The summed E-state index contributed by atoms with van der Waals surface area (Å²) in [6.45, 7) is 2.05. The molecule has 0 aliphatic carbocycles. The van der Waals surface area contributed by atoms with Gasteiger partial charge >= 0.3 is 0 Å². The molecule has 1 aromatic heterocycles. The lowest BCUT2D eigenvalue weighted by Gasteiger charge is -2.04. The van der Waals surface area contributed by atoms with Crippen molar-refractivity contribution >= 4 is 10.9 Å². The minimum absolute atomic E-state index is 0.218. The molecule has 0 unspecified atom stereocenters. The lowest BCUT2D eigenvalue weighted by atomic mass is 10.2. The molecule has 83 valence electrons. The van der Waals surface area contributed by atoms with Crippen LogP contribution < -0.4 is 0 Å². The summed E-state index contributed by atoms with van der Waals surface area (Å²) >= 11 is 0. The second kappa shape index (κ2) is 3.74. The van der Waals surface area contributed by atoms with Crippen molar-refractivity contribution in [2.24, 2.45) is 0 Å². The summed E-state index contributed by atoms with van der Waals surface area (Å²) in [6, 6.07) is 15.5. The van der Waals surface area contributed by atoms with Gasteiger partial charge < -0.3 is 4.57 Å². The third-order valence-electron chi connectivity index (χ3n) is 2.93. The molecule has 3 aromatic rings. The molecule has 1 nitrogen and oxygen atoms in total. The molecule has 0 bridgehead atoms. The first-order valence-electron chi connectivity index (χ1n) is 5.49. The Morgan fingerprint density at radius 2 is 2.12 bits per heavy atom. The average molecular weight is 224 g/mol. The molecule has 0 amide bonds. The van der Waals surface area contributed by atoms with E-state index in [1.165, 1.54) is 17.7 Å². The number of benzene rings is 2. The molecule has 2 aromatic carbocycles. The molecule has 2 heteroatoms. The predicted molar refractivity (Wildman–Crippen MR) is 66.8 cm³/mol. The Labute approximate surface area is 99.1 Å². The number of hydrogen-bond donors (Lipinski definition) is 0. The van der Waals surface area contributed by atoms with Gasteiger partial charge in [0.25, 0.3) is 0 Å². The highest BCUT2D eigenvalue weighted by Gasteiger charge is 2.06. The first kappa shape index (κ1) is 10.1. The van der Waals surface area contributed by atoms with E-state index >= 15 is 0 Å². The molecular weight excluding hydrogens is 213 g/mol. The average Bonchev–Trinajstić information content (AvgIpc) is 2.68. The zero-order valence-electron chi connectivity index (χ0n) is 9.44. The van der Waals surface area contributed by atoms with Gasteiger partial charge in [-0.15, -0.1) is 0 Å². The van der Waals surface area contributed by atoms with Crippen LogP contribution in [0.3, 0.4) is 0 Å². The van der Waals surface area contributed by atoms with Crippen LogP contribution in [-0.4, -0.2) is 4.57 Å². The summed E-state index contributed by atoms with van der Waals surface area (Å²) in [6.07, 6.45) is 2.02. The van der Waals surface area contributed by atoms with Gasteiger partial charge in [0.2, 0.25) is 0 Å². The van der Waals surface area contributed by atoms with E-state index in [1.54, 1.807) is 6.07 Å². The smallest absolute Gasteiger partial charge is 0.125 e. The second-order valence-electron chi connectivity index (χ2n) is 4.11. The van der Waals surface area contributed by atoms with Crippen molar-refractivity contribution in [1.82, 2.24) is 4.57 Å². The second-order valence-corrected chi connectivity index (χ2v) is 4.11. The summed E-state index contributed by atoms with van der Waals surface area (Å²) < 4.78 is 15.2. The Balaban J connectivity index is 2.31. The molecule has 17 heavy (non-hydrogen) atoms. The Hall–Kier alpha value is -2.09. The van der Waals surface area contributed by atoms with Gasteiger partial charge in [0.15, 0.2) is 0 Å². The van der Waals surface area contributed by atoms with E-state index in [4.69, 9.17) is 0 Å². The van der Waals surface area contributed by atoms with Crippen molar-refractivity contribution in [1.29, 1.82) is 0 Å². The van der Waals surface area contributed by atoms with Gasteiger partial charge in [0.05, 0.1) is 5.52 Å². The van der Waals surface area contributed by atoms with Gasteiger partial charge in [0.1, 0.15) is 5.82 Å². The molecule has 0 fully saturated rings. The van der Waals surface area contributed by atoms with E-state index in [1.807, 2.05) is 42.0 Å². The standard InChI is InChI=1S/C15H11FN/c1-11-10-17(13-6-4-5-12(16)9-13)15-8-3-2-7-14(11)15/h3-10H,1H3. The summed E-state index contributed by atoms with van der Waals surface area (Å²) in [5.74, 6) is -0.218. The minimum Gasteiger partial charge on any atom is -0.316 e. The molecule has 0 saturated heterocycles. The molecule has 3 rings (SSSR count). The largest absolute Gasteiger partial charge is 0.316 e. The fourth-order valence-electron chi connectivity index (χ4n) is 2.12. The van der Waals surface area contributed by atoms with Crippen LogP contribution in [0, 0.1) is 18.8 Å². The van der Waals surface area contributed by atoms with Gasteiger partial charge in [-0.1, -0.05) is 12.1 Å². The Kier molecular flexibility index (Phi) is 2.22. The third kappa shape index (κ3) is 1.62. The lowest BCUT2D eigenvalue weighted by molar-refractivity contribution is 0.627. The maximum atomic E-state index is 13.2. The summed E-state index contributed by atoms with van der Waals surface area (Å²) in [4.78, 5) is 0. The van der Waals surface area contributed by atoms with Gasteiger partial charge in [-0.3, -0.25) is 0 Å². The van der Waals surface area contributed by atoms with Crippen molar-refractivity contribution in [3.63, 3.8) is 0 Å². The maximum Gasteiger partial charge on any atom is 0.125 e. The highest BCUT2D eigenvalue weighted by molar-refractivity contribution is 5.85. The number of aromatic nitrogens is 1. The molecule has 0 aliphatic rings. The minimum atomic E-state index is -0.218. The SMILES string of the molecule is Cc1cn(-c2cccc(F)c2)c2cc[c]cc12. The number of fused-ring (bicyclic) bond motifs is 1. The highest BCUT2D eigenvalue weighted by atomic mass is 19.1. The molecule has 0 N–H and O–H groups in total. The van der Waals surface area contributed by atoms with Crippen LogP contribution in [-0.2, 0) is 0 Å². The maximum absolute atomic E-state index is 13.2. The van der Waals surface area contributed by atoms with Gasteiger partial charge in [-0.2, -0.15) is 0 Å². The zero-order valence-corrected chi connectivity index (χ0v) is 9.44. The van der Waals surface area contributed by atoms with E-state index in [0.29, 0.717) is 0 Å². The molecule has 1 heterocycles. The molecule has 0 spiro atoms. The number of halogens is 1. The van der Waals surface area contributed by atoms with Crippen LogP contribution in [0.2, 0.25) is 0 Å². The zero-order chi connectivity index (χ0) is 11.8. The van der Waals surface area contributed by atoms with E-state index < -0.39 is 0 Å². The summed E-state index contributed by atoms with van der Waals surface area (Å²) in [7, 11) is 0. The Morgan fingerprint density at radius 3 is 2.94 bits per heavy atom. The van der Waals surface area contributed by atoms with E-state index in [9.17, 15) is 4.39 Å². The van der Waals surface area contributed by atoms with E-state index in [0.717, 1.165) is 16.6 Å². The number of hydrogen-bond acceptors (Lipinski definition) is 0. The highest BCUT2D eigenvalue weighted by Crippen LogP contribution is 2.24. The third-order valence-corrected chi connectivity index (χ3v) is 2.93. The lowest BCUT2D eigenvalue weighted by Crippen LogP contribution is -1.92. The number of aryl methyl sites for hydroxylation is 1. The molecule has 0 aliphatic heterocycles. The van der Waals surface area contributed by atoms with Crippen LogP contribution in [0.4, 0.5) is 4.39 Å². The molecule has 0 atom stereocenters. The fourth-order valence-corrected chi connectivity index (χ4v) is 2.12. The first-order valence-corrected chi connectivity index (χ1v) is 5.49. The van der Waals surface area contributed by atoms with Crippen molar-refractivity contribution in [2.45, 2.75) is 6.92 Å². The van der Waals surface area contributed by atoms with E-state index in [-0.39, 0.29) is 5.82 Å². The van der Waals surface area contributed by atoms with Gasteiger partial charge in [-0.25, -0.2) is 4.39 Å². The quantitative estimate of drug-likeness (QED) is 0.591. The van der Waals surface area contributed by atoms with Crippen molar-refractivity contribution < 1.29 is 4.39 Å². The normalized spacial score (nSPS) is 10.9. The van der Waals surface area contributed by atoms with Gasteiger partial charge in [0, 0.05) is 17.3 Å². The molecule has 0 saturated carbocycles. The van der Waals surface area contributed by atoms with E-state index in [2.05, 4.69) is 6.07 Å². The number of rotatable bonds is 1. The Morgan fingerprint density at radius 1 is 1.24 bits per heavy atom. The monoisotopic (exact) mass is 224 g/mol. The van der Waals surface area contributed by atoms with Crippen molar-refractivity contribution in [3.8, 4) is 5.69 Å². The molecular formula is C15H11FN. The van der Waals surface area contributed by atoms with Crippen LogP contribution in [0.1, 0.15) is 5.56 Å². The van der Waals surface area contributed by atoms with Crippen molar-refractivity contribution in [3.05, 3.63) is 66.1 Å². The number of nitrogens with zero attached hydrogens (tertiary/aromatic N) is 1. The van der Waals surface area contributed by atoms with Crippen LogP contribution in [0.15, 0.2) is 48.7 Å². The first-order chi connectivity index (χ1) is 8.25. The fraction of sp³-hybridized carbons (Fsp3) is 0.0667. The summed E-state index contributed by atoms with van der Waals surface area (Å²) in [5, 5.41) is 1.15. The topological polar surface area (TPSA) is 4.93 Å².